The topological polar surface area (TPSA) is 78.1 Å². The smallest absolute Gasteiger partial charge is 0.226 e. The predicted molar refractivity (Wildman–Crippen MR) is 130 cm³/mol. The highest BCUT2D eigenvalue weighted by Gasteiger charge is 2.61. The normalized spacial score (nSPS) is 39.5. The number of carbonyl (C=O) groups is 2. The summed E-state index contributed by atoms with van der Waals surface area (Å²) in [5.74, 6) is 3.06. The van der Waals surface area contributed by atoms with E-state index in [1.54, 1.807) is 0 Å². The Hall–Kier alpha value is -2.11. The summed E-state index contributed by atoms with van der Waals surface area (Å²) in [7, 11) is 1.98. The van der Waals surface area contributed by atoms with E-state index in [4.69, 9.17) is 0 Å². The Balaban J connectivity index is 1.19. The van der Waals surface area contributed by atoms with Gasteiger partial charge in [0.15, 0.2) is 0 Å². The quantitative estimate of drug-likeness (QED) is 0.665. The van der Waals surface area contributed by atoms with E-state index in [9.17, 15) is 9.59 Å². The van der Waals surface area contributed by atoms with Crippen LogP contribution in [0.15, 0.2) is 17.3 Å². The van der Waals surface area contributed by atoms with Gasteiger partial charge in [0.25, 0.3) is 0 Å². The second kappa shape index (κ2) is 7.69. The van der Waals surface area contributed by atoms with E-state index >= 15 is 0 Å². The molecule has 34 heavy (non-hydrogen) atoms. The molecular formula is C28H40N4O2. The second-order valence-electron chi connectivity index (χ2n) is 12.6. The lowest BCUT2D eigenvalue weighted by atomic mass is 9.48. The summed E-state index contributed by atoms with van der Waals surface area (Å²) in [6.07, 6.45) is 9.65. The lowest BCUT2D eigenvalue weighted by molar-refractivity contribution is -0.138. The van der Waals surface area contributed by atoms with E-state index in [-0.39, 0.29) is 28.6 Å². The van der Waals surface area contributed by atoms with Crippen molar-refractivity contribution in [3.05, 3.63) is 28.7 Å². The Kier molecular flexibility index (Phi) is 5.06. The van der Waals surface area contributed by atoms with Gasteiger partial charge in [-0.05, 0) is 87.5 Å². The van der Waals surface area contributed by atoms with Crippen molar-refractivity contribution < 1.29 is 9.59 Å². The lowest BCUT2D eigenvalue weighted by Gasteiger charge is -2.59. The molecule has 2 heterocycles. The third-order valence-electron chi connectivity index (χ3n) is 10.7. The molecule has 4 fully saturated rings. The minimum atomic E-state index is 0.0700. The third kappa shape index (κ3) is 3.23. The standard InChI is InChI=1S/C28H40N4O2/c1-16-13-19-20-7-8-22(26(34)29-15-18-14-23(31-30-18)17-5-6-17)27(20,2)11-9-21(19)28(3)12-10-24(33)32(4)25(16)28/h14,17,19-22H,5-13,15H2,1-4H3,(H,29,34)(H,30,31)/t19-,20-,21+,22?,27-,28+/m0/s1. The number of fused-ring (bicyclic) bond motifs is 5. The average molecular weight is 465 g/mol. The van der Waals surface area contributed by atoms with Crippen LogP contribution in [0.3, 0.4) is 0 Å². The number of hydrogen-bond acceptors (Lipinski definition) is 3. The maximum Gasteiger partial charge on any atom is 0.226 e. The van der Waals surface area contributed by atoms with Crippen LogP contribution in [0.5, 0.6) is 0 Å². The first-order valence-electron chi connectivity index (χ1n) is 13.5. The van der Waals surface area contributed by atoms with Gasteiger partial charge >= 0.3 is 0 Å². The number of amides is 2. The Morgan fingerprint density at radius 2 is 1.97 bits per heavy atom. The van der Waals surface area contributed by atoms with E-state index in [1.165, 1.54) is 36.2 Å². The van der Waals surface area contributed by atoms with Crippen LogP contribution < -0.4 is 5.32 Å². The molecule has 2 N–H and O–H groups in total. The fourth-order valence-electron chi connectivity index (χ4n) is 8.91. The Morgan fingerprint density at radius 3 is 2.74 bits per heavy atom. The van der Waals surface area contributed by atoms with Crippen LogP contribution in [0.2, 0.25) is 0 Å². The molecule has 184 valence electrons. The summed E-state index contributed by atoms with van der Waals surface area (Å²) in [5.41, 5.74) is 5.05. The molecule has 0 spiro atoms. The molecule has 1 aromatic heterocycles. The maximum absolute atomic E-state index is 13.4. The van der Waals surface area contributed by atoms with Crippen LogP contribution in [0.25, 0.3) is 0 Å². The minimum absolute atomic E-state index is 0.0700. The summed E-state index contributed by atoms with van der Waals surface area (Å²) >= 11 is 0. The van der Waals surface area contributed by atoms with Crippen molar-refractivity contribution in [1.82, 2.24) is 20.4 Å². The number of hydrogen-bond donors (Lipinski definition) is 2. The Morgan fingerprint density at radius 1 is 1.18 bits per heavy atom. The fraction of sp³-hybridized carbons (Fsp3) is 0.750. The molecule has 4 aliphatic carbocycles. The van der Waals surface area contributed by atoms with Gasteiger partial charge in [-0.15, -0.1) is 0 Å². The number of aromatic amines is 1. The molecule has 0 aromatic carbocycles. The Bertz CT molecular complexity index is 1050. The van der Waals surface area contributed by atoms with Crippen LogP contribution in [0, 0.1) is 34.5 Å². The molecule has 1 aromatic rings. The third-order valence-corrected chi connectivity index (χ3v) is 10.7. The van der Waals surface area contributed by atoms with Crippen molar-refractivity contribution in [2.75, 3.05) is 7.05 Å². The molecule has 6 nitrogen and oxygen atoms in total. The molecule has 6 rings (SSSR count). The van der Waals surface area contributed by atoms with E-state index in [1.807, 2.05) is 11.9 Å². The summed E-state index contributed by atoms with van der Waals surface area (Å²) in [6.45, 7) is 7.60. The lowest BCUT2D eigenvalue weighted by Crippen LogP contribution is -2.55. The summed E-state index contributed by atoms with van der Waals surface area (Å²) < 4.78 is 0. The van der Waals surface area contributed by atoms with Gasteiger partial charge in [0, 0.05) is 42.1 Å². The van der Waals surface area contributed by atoms with Crippen molar-refractivity contribution >= 4 is 11.8 Å². The van der Waals surface area contributed by atoms with E-state index in [0.29, 0.717) is 36.6 Å². The maximum atomic E-state index is 13.4. The molecule has 6 atom stereocenters. The van der Waals surface area contributed by atoms with Gasteiger partial charge in [-0.2, -0.15) is 5.10 Å². The van der Waals surface area contributed by atoms with E-state index < -0.39 is 0 Å². The molecular weight excluding hydrogens is 424 g/mol. The largest absolute Gasteiger partial charge is 0.350 e. The number of nitrogens with one attached hydrogen (secondary N) is 2. The van der Waals surface area contributed by atoms with Crippen LogP contribution in [-0.4, -0.2) is 34.0 Å². The SMILES string of the molecule is CC1=C2N(C)C(=O)CC[C@]2(C)[C@@H]2CC[C@]3(C)C(C(=O)NCc4cc(C5CC5)[nH]n4)CC[C@H]3[C@@H]2C1. The first-order chi connectivity index (χ1) is 16.2. The van der Waals surface area contributed by atoms with Gasteiger partial charge in [-0.25, -0.2) is 0 Å². The molecule has 5 aliphatic rings. The highest BCUT2D eigenvalue weighted by molar-refractivity contribution is 5.80. The zero-order valence-corrected chi connectivity index (χ0v) is 21.2. The van der Waals surface area contributed by atoms with Gasteiger partial charge in [-0.3, -0.25) is 14.7 Å². The highest BCUT2D eigenvalue weighted by atomic mass is 16.2. The molecule has 1 saturated heterocycles. The van der Waals surface area contributed by atoms with Crippen LogP contribution >= 0.6 is 0 Å². The number of piperidine rings is 1. The van der Waals surface area contributed by atoms with Crippen molar-refractivity contribution in [2.24, 2.45) is 34.5 Å². The molecule has 0 bridgehead atoms. The van der Waals surface area contributed by atoms with Gasteiger partial charge < -0.3 is 10.2 Å². The van der Waals surface area contributed by atoms with Crippen LogP contribution in [0.1, 0.15) is 95.9 Å². The fourth-order valence-corrected chi connectivity index (χ4v) is 8.91. The second-order valence-corrected chi connectivity index (χ2v) is 12.6. The molecule has 1 aliphatic heterocycles. The van der Waals surface area contributed by atoms with Crippen molar-refractivity contribution in [1.29, 1.82) is 0 Å². The number of H-pyrrole nitrogens is 1. The zero-order chi connectivity index (χ0) is 23.8. The average Bonchev–Trinajstić information content (AvgIpc) is 3.43. The van der Waals surface area contributed by atoms with Crippen molar-refractivity contribution in [3.63, 3.8) is 0 Å². The highest BCUT2D eigenvalue weighted by Crippen LogP contribution is 2.66. The van der Waals surface area contributed by atoms with Gasteiger partial charge in [0.2, 0.25) is 11.8 Å². The number of rotatable bonds is 4. The van der Waals surface area contributed by atoms with Crippen molar-refractivity contribution in [3.8, 4) is 0 Å². The zero-order valence-electron chi connectivity index (χ0n) is 21.2. The molecule has 3 saturated carbocycles. The summed E-state index contributed by atoms with van der Waals surface area (Å²) in [6, 6.07) is 2.13. The number of likely N-dealkylation sites (tertiary alicyclic amines) is 1. The monoisotopic (exact) mass is 464 g/mol. The van der Waals surface area contributed by atoms with Crippen LogP contribution in [0.4, 0.5) is 0 Å². The van der Waals surface area contributed by atoms with Crippen LogP contribution in [-0.2, 0) is 16.1 Å². The summed E-state index contributed by atoms with van der Waals surface area (Å²) in [4.78, 5) is 27.9. The van der Waals surface area contributed by atoms with Gasteiger partial charge in [0.1, 0.15) is 0 Å². The van der Waals surface area contributed by atoms with Crippen molar-refractivity contribution in [2.45, 2.75) is 91.0 Å². The first-order valence-corrected chi connectivity index (χ1v) is 13.5. The Labute approximate surface area is 203 Å². The molecule has 6 heteroatoms. The van der Waals surface area contributed by atoms with E-state index in [0.717, 1.165) is 37.8 Å². The summed E-state index contributed by atoms with van der Waals surface area (Å²) in [5, 5.41) is 10.8. The molecule has 0 radical (unpaired) electrons. The van der Waals surface area contributed by atoms with Gasteiger partial charge in [-0.1, -0.05) is 19.4 Å². The molecule has 1 unspecified atom stereocenters. The number of nitrogens with zero attached hydrogens (tertiary/aromatic N) is 2. The number of carbonyl (C=O) groups excluding carboxylic acids is 2. The molecule has 2 amide bonds. The number of allylic oxidation sites excluding steroid dienone is 2. The number of aromatic nitrogens is 2. The minimum Gasteiger partial charge on any atom is -0.350 e. The predicted octanol–water partition coefficient (Wildman–Crippen LogP) is 4.90. The van der Waals surface area contributed by atoms with E-state index in [2.05, 4.69) is 42.4 Å². The van der Waals surface area contributed by atoms with Gasteiger partial charge in [0.05, 0.1) is 12.2 Å². The first kappa shape index (κ1) is 22.4.